The number of methoxy groups -OCH3 is 1. The third-order valence-corrected chi connectivity index (χ3v) is 2.90. The standard InChI is InChI=1S/C14H15NO4/c1-9-13(10(2)19-15-9)8-18-14-5-4-12(17-3)6-11(14)7-16/h4-7H,8H2,1-3H3. The van der Waals surface area contributed by atoms with E-state index in [1.165, 1.54) is 0 Å². The van der Waals surface area contributed by atoms with Crippen LogP contribution in [0.5, 0.6) is 11.5 Å². The summed E-state index contributed by atoms with van der Waals surface area (Å²) in [6, 6.07) is 5.09. The predicted molar refractivity (Wildman–Crippen MR) is 68.7 cm³/mol. The van der Waals surface area contributed by atoms with Crippen LogP contribution in [0.4, 0.5) is 0 Å². The molecule has 0 amide bonds. The van der Waals surface area contributed by atoms with Crippen molar-refractivity contribution in [2.75, 3.05) is 7.11 Å². The van der Waals surface area contributed by atoms with Gasteiger partial charge < -0.3 is 14.0 Å². The van der Waals surface area contributed by atoms with Gasteiger partial charge in [-0.2, -0.15) is 0 Å². The summed E-state index contributed by atoms with van der Waals surface area (Å²) in [5.74, 6) is 1.85. The van der Waals surface area contributed by atoms with Crippen LogP contribution < -0.4 is 9.47 Å². The number of benzene rings is 1. The summed E-state index contributed by atoms with van der Waals surface area (Å²) < 4.78 is 15.8. The van der Waals surface area contributed by atoms with Gasteiger partial charge in [-0.1, -0.05) is 5.16 Å². The molecule has 0 saturated heterocycles. The Bertz CT molecular complexity index is 570. The fourth-order valence-corrected chi connectivity index (χ4v) is 1.73. The van der Waals surface area contributed by atoms with Crippen LogP contribution in [-0.2, 0) is 6.61 Å². The Kier molecular flexibility index (Phi) is 3.85. The molecule has 0 aliphatic heterocycles. The van der Waals surface area contributed by atoms with Gasteiger partial charge in [0.15, 0.2) is 6.29 Å². The lowest BCUT2D eigenvalue weighted by Crippen LogP contribution is -2.00. The highest BCUT2D eigenvalue weighted by Gasteiger charge is 2.11. The normalized spacial score (nSPS) is 10.3. The summed E-state index contributed by atoms with van der Waals surface area (Å²) in [5, 5.41) is 3.85. The van der Waals surface area contributed by atoms with Gasteiger partial charge in [-0.25, -0.2) is 0 Å². The Hall–Kier alpha value is -2.30. The van der Waals surface area contributed by atoms with E-state index in [-0.39, 0.29) is 0 Å². The van der Waals surface area contributed by atoms with E-state index in [0.29, 0.717) is 23.7 Å². The van der Waals surface area contributed by atoms with Crippen LogP contribution >= 0.6 is 0 Å². The molecule has 0 unspecified atom stereocenters. The second-order valence-electron chi connectivity index (χ2n) is 4.11. The molecule has 5 nitrogen and oxygen atoms in total. The molecule has 2 aromatic rings. The van der Waals surface area contributed by atoms with Crippen molar-refractivity contribution in [3.63, 3.8) is 0 Å². The number of carbonyl (C=O) groups excluding carboxylic acids is 1. The van der Waals surface area contributed by atoms with Gasteiger partial charge in [0.05, 0.1) is 23.9 Å². The number of rotatable bonds is 5. The van der Waals surface area contributed by atoms with Gasteiger partial charge in [0.1, 0.15) is 23.9 Å². The molecule has 1 heterocycles. The summed E-state index contributed by atoms with van der Waals surface area (Å²) in [6.45, 7) is 3.99. The lowest BCUT2D eigenvalue weighted by Gasteiger charge is -2.09. The zero-order valence-corrected chi connectivity index (χ0v) is 11.1. The van der Waals surface area contributed by atoms with Crippen LogP contribution in [0.15, 0.2) is 22.7 Å². The van der Waals surface area contributed by atoms with Crippen molar-refractivity contribution < 1.29 is 18.8 Å². The maximum atomic E-state index is 11.0. The molecule has 0 fully saturated rings. The van der Waals surface area contributed by atoms with E-state index in [9.17, 15) is 4.79 Å². The van der Waals surface area contributed by atoms with Gasteiger partial charge in [0.2, 0.25) is 0 Å². The van der Waals surface area contributed by atoms with Crippen LogP contribution in [0.2, 0.25) is 0 Å². The van der Waals surface area contributed by atoms with E-state index in [0.717, 1.165) is 23.3 Å². The van der Waals surface area contributed by atoms with Crippen molar-refractivity contribution in [3.8, 4) is 11.5 Å². The highest BCUT2D eigenvalue weighted by Crippen LogP contribution is 2.24. The Morgan fingerprint density at radius 1 is 1.37 bits per heavy atom. The first-order valence-electron chi connectivity index (χ1n) is 5.83. The van der Waals surface area contributed by atoms with Crippen molar-refractivity contribution in [1.29, 1.82) is 0 Å². The maximum Gasteiger partial charge on any atom is 0.153 e. The summed E-state index contributed by atoms with van der Waals surface area (Å²) in [6.07, 6.45) is 0.741. The third kappa shape index (κ3) is 2.76. The summed E-state index contributed by atoms with van der Waals surface area (Å²) in [7, 11) is 1.55. The van der Waals surface area contributed by atoms with Gasteiger partial charge in [-0.3, -0.25) is 4.79 Å². The highest BCUT2D eigenvalue weighted by atomic mass is 16.5. The Morgan fingerprint density at radius 2 is 2.16 bits per heavy atom. The molecule has 0 N–H and O–H groups in total. The topological polar surface area (TPSA) is 61.6 Å². The summed E-state index contributed by atoms with van der Waals surface area (Å²) in [5.41, 5.74) is 2.14. The van der Waals surface area contributed by atoms with Crippen molar-refractivity contribution >= 4 is 6.29 Å². The minimum Gasteiger partial charge on any atom is -0.497 e. The van der Waals surface area contributed by atoms with E-state index in [4.69, 9.17) is 14.0 Å². The molecule has 0 bridgehead atoms. The minimum absolute atomic E-state index is 0.314. The summed E-state index contributed by atoms with van der Waals surface area (Å²) >= 11 is 0. The SMILES string of the molecule is COc1ccc(OCc2c(C)noc2C)c(C=O)c1. The fraction of sp³-hybridized carbons (Fsp3) is 0.286. The molecular weight excluding hydrogens is 246 g/mol. The lowest BCUT2D eigenvalue weighted by molar-refractivity contribution is 0.111. The Balaban J connectivity index is 2.18. The van der Waals surface area contributed by atoms with Crippen molar-refractivity contribution in [2.45, 2.75) is 20.5 Å². The number of aldehydes is 1. The molecule has 5 heteroatoms. The van der Waals surface area contributed by atoms with Crippen LogP contribution in [-0.4, -0.2) is 18.6 Å². The molecule has 0 aliphatic rings. The second kappa shape index (κ2) is 5.56. The molecule has 0 radical (unpaired) electrons. The molecule has 1 aromatic heterocycles. The van der Waals surface area contributed by atoms with Gasteiger partial charge in [-0.05, 0) is 32.0 Å². The number of hydrogen-bond acceptors (Lipinski definition) is 5. The molecule has 0 saturated carbocycles. The monoisotopic (exact) mass is 261 g/mol. The first-order valence-corrected chi connectivity index (χ1v) is 5.83. The van der Waals surface area contributed by atoms with Crippen LogP contribution in [0.3, 0.4) is 0 Å². The predicted octanol–water partition coefficient (Wildman–Crippen LogP) is 2.69. The number of ether oxygens (including phenoxy) is 2. The first-order chi connectivity index (χ1) is 9.15. The molecule has 0 aliphatic carbocycles. The number of nitrogens with zero attached hydrogens (tertiary/aromatic N) is 1. The molecule has 100 valence electrons. The zero-order chi connectivity index (χ0) is 13.8. The van der Waals surface area contributed by atoms with Gasteiger partial charge in [0, 0.05) is 0 Å². The molecular formula is C14H15NO4. The van der Waals surface area contributed by atoms with Crippen LogP contribution in [0.25, 0.3) is 0 Å². The van der Waals surface area contributed by atoms with E-state index in [1.807, 2.05) is 13.8 Å². The second-order valence-corrected chi connectivity index (χ2v) is 4.11. The largest absolute Gasteiger partial charge is 0.497 e. The van der Waals surface area contributed by atoms with E-state index in [1.54, 1.807) is 25.3 Å². The van der Waals surface area contributed by atoms with Gasteiger partial charge in [-0.15, -0.1) is 0 Å². The molecule has 0 atom stereocenters. The fourth-order valence-electron chi connectivity index (χ4n) is 1.73. The number of carbonyl (C=O) groups is 1. The maximum absolute atomic E-state index is 11.0. The van der Waals surface area contributed by atoms with E-state index < -0.39 is 0 Å². The van der Waals surface area contributed by atoms with E-state index in [2.05, 4.69) is 5.16 Å². The molecule has 2 rings (SSSR count). The van der Waals surface area contributed by atoms with Crippen LogP contribution in [0, 0.1) is 13.8 Å². The lowest BCUT2D eigenvalue weighted by atomic mass is 10.2. The minimum atomic E-state index is 0.314. The Morgan fingerprint density at radius 3 is 2.74 bits per heavy atom. The van der Waals surface area contributed by atoms with Crippen molar-refractivity contribution in [3.05, 3.63) is 40.8 Å². The smallest absolute Gasteiger partial charge is 0.153 e. The number of aryl methyl sites for hydroxylation is 2. The number of aromatic nitrogens is 1. The van der Waals surface area contributed by atoms with E-state index >= 15 is 0 Å². The van der Waals surface area contributed by atoms with Crippen LogP contribution in [0.1, 0.15) is 27.4 Å². The Labute approximate surface area is 111 Å². The zero-order valence-electron chi connectivity index (χ0n) is 11.1. The average molecular weight is 261 g/mol. The molecule has 1 aromatic carbocycles. The summed E-state index contributed by atoms with van der Waals surface area (Å²) in [4.78, 5) is 11.0. The quantitative estimate of drug-likeness (QED) is 0.774. The van der Waals surface area contributed by atoms with Gasteiger partial charge >= 0.3 is 0 Å². The number of hydrogen-bond donors (Lipinski definition) is 0. The molecule has 0 spiro atoms. The van der Waals surface area contributed by atoms with Crippen molar-refractivity contribution in [1.82, 2.24) is 5.16 Å². The van der Waals surface area contributed by atoms with Crippen molar-refractivity contribution in [2.24, 2.45) is 0 Å². The average Bonchev–Trinajstić information content (AvgIpc) is 2.75. The van der Waals surface area contributed by atoms with Gasteiger partial charge in [0.25, 0.3) is 0 Å². The third-order valence-electron chi connectivity index (χ3n) is 2.90. The molecule has 19 heavy (non-hydrogen) atoms. The highest BCUT2D eigenvalue weighted by molar-refractivity contribution is 5.80. The first kappa shape index (κ1) is 13.1.